The van der Waals surface area contributed by atoms with Crippen molar-refractivity contribution < 1.29 is 18.7 Å². The molecule has 1 N–H and O–H groups in total. The summed E-state index contributed by atoms with van der Waals surface area (Å²) in [5, 5.41) is 2.67. The minimum absolute atomic E-state index is 0.218. The number of nitrogens with one attached hydrogen (secondary N) is 1. The molecule has 0 radical (unpaired) electrons. The molecule has 0 aliphatic carbocycles. The van der Waals surface area contributed by atoms with E-state index in [2.05, 4.69) is 15.2 Å². The first-order valence-electron chi connectivity index (χ1n) is 8.98. The Bertz CT molecular complexity index is 864. The summed E-state index contributed by atoms with van der Waals surface area (Å²) in [5.74, 6) is -1.42. The Labute approximate surface area is 157 Å². The number of pyridine rings is 1. The number of benzene rings is 1. The largest absolute Gasteiger partial charge is 0.462 e. The van der Waals surface area contributed by atoms with Crippen LogP contribution in [-0.2, 0) is 4.74 Å². The molecule has 0 unspecified atom stereocenters. The molecule has 1 aliphatic heterocycles. The fraction of sp³-hybridized carbons (Fsp3) is 0.350. The van der Waals surface area contributed by atoms with Crippen LogP contribution in [0.2, 0.25) is 0 Å². The highest BCUT2D eigenvalue weighted by atomic mass is 19.1. The lowest BCUT2D eigenvalue weighted by molar-refractivity contribution is 0.0524. The van der Waals surface area contributed by atoms with E-state index < -0.39 is 17.7 Å². The number of amides is 1. The summed E-state index contributed by atoms with van der Waals surface area (Å²) in [6.07, 6.45) is 3.57. The van der Waals surface area contributed by atoms with E-state index in [0.717, 1.165) is 25.9 Å². The zero-order valence-corrected chi connectivity index (χ0v) is 15.4. The van der Waals surface area contributed by atoms with Crippen LogP contribution >= 0.6 is 0 Å². The number of nitrogens with zero attached hydrogens (tertiary/aromatic N) is 2. The van der Waals surface area contributed by atoms with Crippen LogP contribution in [0.3, 0.4) is 0 Å². The Kier molecular flexibility index (Phi) is 5.69. The van der Waals surface area contributed by atoms with Gasteiger partial charge in [0.15, 0.2) is 0 Å². The van der Waals surface area contributed by atoms with Gasteiger partial charge in [-0.1, -0.05) is 0 Å². The SMILES string of the molecule is CCOC(=O)c1cc(NC(=O)c2cc(F)cc(N3CCCC3)c2)cnc1C. The maximum Gasteiger partial charge on any atom is 0.340 e. The molecule has 27 heavy (non-hydrogen) atoms. The smallest absolute Gasteiger partial charge is 0.340 e. The van der Waals surface area contributed by atoms with Crippen LogP contribution in [0.25, 0.3) is 0 Å². The normalized spacial score (nSPS) is 13.5. The molecular weight excluding hydrogens is 349 g/mol. The van der Waals surface area contributed by atoms with Gasteiger partial charge in [0, 0.05) is 24.3 Å². The molecule has 0 atom stereocenters. The van der Waals surface area contributed by atoms with Gasteiger partial charge in [-0.2, -0.15) is 0 Å². The van der Waals surface area contributed by atoms with E-state index in [1.54, 1.807) is 19.9 Å². The maximum atomic E-state index is 14.0. The number of aromatic nitrogens is 1. The second-order valence-electron chi connectivity index (χ2n) is 6.42. The molecule has 0 bridgehead atoms. The summed E-state index contributed by atoms with van der Waals surface area (Å²) < 4.78 is 19.0. The van der Waals surface area contributed by atoms with Crippen molar-refractivity contribution in [3.05, 3.63) is 53.1 Å². The van der Waals surface area contributed by atoms with E-state index in [9.17, 15) is 14.0 Å². The van der Waals surface area contributed by atoms with Crippen LogP contribution in [0.4, 0.5) is 15.8 Å². The van der Waals surface area contributed by atoms with Gasteiger partial charge in [-0.25, -0.2) is 9.18 Å². The second kappa shape index (κ2) is 8.16. The van der Waals surface area contributed by atoms with Gasteiger partial charge in [-0.3, -0.25) is 9.78 Å². The standard InChI is InChI=1S/C20H22FN3O3/c1-3-27-20(26)18-11-16(12-22-13(18)2)23-19(25)14-8-15(21)10-17(9-14)24-6-4-5-7-24/h8-12H,3-7H2,1-2H3,(H,23,25). The van der Waals surface area contributed by atoms with Gasteiger partial charge >= 0.3 is 5.97 Å². The monoisotopic (exact) mass is 371 g/mol. The number of ether oxygens (including phenoxy) is 1. The van der Waals surface area contributed by atoms with Crippen LogP contribution in [0, 0.1) is 12.7 Å². The average molecular weight is 371 g/mol. The van der Waals surface area contributed by atoms with E-state index in [1.165, 1.54) is 24.4 Å². The molecule has 1 saturated heterocycles. The lowest BCUT2D eigenvalue weighted by Gasteiger charge is -2.18. The van der Waals surface area contributed by atoms with Gasteiger partial charge in [-0.15, -0.1) is 0 Å². The second-order valence-corrected chi connectivity index (χ2v) is 6.42. The summed E-state index contributed by atoms with van der Waals surface area (Å²) in [4.78, 5) is 30.8. The van der Waals surface area contributed by atoms with Crippen LogP contribution < -0.4 is 10.2 Å². The topological polar surface area (TPSA) is 71.5 Å². The molecule has 6 nitrogen and oxygen atoms in total. The Morgan fingerprint density at radius 3 is 2.67 bits per heavy atom. The van der Waals surface area contributed by atoms with Gasteiger partial charge in [0.1, 0.15) is 5.82 Å². The quantitative estimate of drug-likeness (QED) is 0.814. The molecule has 1 aromatic heterocycles. The van der Waals surface area contributed by atoms with E-state index in [4.69, 9.17) is 4.74 Å². The molecule has 1 fully saturated rings. The Hall–Kier alpha value is -2.96. The number of aryl methyl sites for hydroxylation is 1. The summed E-state index contributed by atoms with van der Waals surface area (Å²) in [7, 11) is 0. The molecule has 7 heteroatoms. The molecule has 2 heterocycles. The predicted molar refractivity (Wildman–Crippen MR) is 101 cm³/mol. The molecular formula is C20H22FN3O3. The number of carbonyl (C=O) groups is 2. The third-order valence-corrected chi connectivity index (χ3v) is 4.46. The summed E-state index contributed by atoms with van der Waals surface area (Å²) in [5.41, 5.74) is 2.06. The maximum absolute atomic E-state index is 14.0. The van der Waals surface area contributed by atoms with Gasteiger partial charge in [0.25, 0.3) is 5.91 Å². The summed E-state index contributed by atoms with van der Waals surface area (Å²) in [6.45, 7) is 5.36. The highest BCUT2D eigenvalue weighted by molar-refractivity contribution is 6.05. The highest BCUT2D eigenvalue weighted by Crippen LogP contribution is 2.23. The fourth-order valence-electron chi connectivity index (χ4n) is 3.08. The van der Waals surface area contributed by atoms with Crippen molar-refractivity contribution in [3.63, 3.8) is 0 Å². The van der Waals surface area contributed by atoms with Crippen molar-refractivity contribution in [1.82, 2.24) is 4.98 Å². The first-order valence-corrected chi connectivity index (χ1v) is 8.98. The minimum Gasteiger partial charge on any atom is -0.462 e. The van der Waals surface area contributed by atoms with Gasteiger partial charge < -0.3 is 15.0 Å². The molecule has 1 amide bonds. The van der Waals surface area contributed by atoms with Crippen LogP contribution in [0.15, 0.2) is 30.5 Å². The van der Waals surface area contributed by atoms with Gasteiger partial charge in [0.05, 0.1) is 29.7 Å². The van der Waals surface area contributed by atoms with E-state index in [0.29, 0.717) is 17.1 Å². The molecule has 2 aromatic rings. The average Bonchev–Trinajstić information content (AvgIpc) is 3.17. The Morgan fingerprint density at radius 1 is 1.22 bits per heavy atom. The Morgan fingerprint density at radius 2 is 1.96 bits per heavy atom. The number of anilines is 2. The van der Waals surface area contributed by atoms with Crippen LogP contribution in [-0.4, -0.2) is 36.6 Å². The number of esters is 1. The van der Waals surface area contributed by atoms with Crippen molar-refractivity contribution >= 4 is 23.3 Å². The fourth-order valence-corrected chi connectivity index (χ4v) is 3.08. The zero-order chi connectivity index (χ0) is 19.4. The molecule has 1 aromatic carbocycles. The van der Waals surface area contributed by atoms with Crippen molar-refractivity contribution in [3.8, 4) is 0 Å². The van der Waals surface area contributed by atoms with Crippen molar-refractivity contribution in [1.29, 1.82) is 0 Å². The third kappa shape index (κ3) is 4.42. The van der Waals surface area contributed by atoms with Crippen molar-refractivity contribution in [2.75, 3.05) is 29.9 Å². The summed E-state index contributed by atoms with van der Waals surface area (Å²) in [6, 6.07) is 5.83. The van der Waals surface area contributed by atoms with E-state index >= 15 is 0 Å². The van der Waals surface area contributed by atoms with Crippen LogP contribution in [0.1, 0.15) is 46.2 Å². The summed E-state index contributed by atoms with van der Waals surface area (Å²) >= 11 is 0. The first kappa shape index (κ1) is 18.8. The lowest BCUT2D eigenvalue weighted by atomic mass is 10.1. The van der Waals surface area contributed by atoms with Crippen molar-refractivity contribution in [2.24, 2.45) is 0 Å². The third-order valence-electron chi connectivity index (χ3n) is 4.46. The number of hydrogen-bond acceptors (Lipinski definition) is 5. The molecule has 0 saturated carbocycles. The number of rotatable bonds is 5. The van der Waals surface area contributed by atoms with Crippen molar-refractivity contribution in [2.45, 2.75) is 26.7 Å². The molecule has 3 rings (SSSR count). The first-order chi connectivity index (χ1) is 13.0. The number of hydrogen-bond donors (Lipinski definition) is 1. The van der Waals surface area contributed by atoms with Gasteiger partial charge in [-0.05, 0) is 51.0 Å². The van der Waals surface area contributed by atoms with Crippen LogP contribution in [0.5, 0.6) is 0 Å². The zero-order valence-electron chi connectivity index (χ0n) is 15.4. The highest BCUT2D eigenvalue weighted by Gasteiger charge is 2.17. The molecule has 0 spiro atoms. The lowest BCUT2D eigenvalue weighted by Crippen LogP contribution is -2.19. The predicted octanol–water partition coefficient (Wildman–Crippen LogP) is 3.56. The van der Waals surface area contributed by atoms with E-state index in [1.807, 2.05) is 0 Å². The van der Waals surface area contributed by atoms with Gasteiger partial charge in [0.2, 0.25) is 0 Å². The number of halogens is 1. The Balaban J connectivity index is 1.81. The molecule has 1 aliphatic rings. The number of carbonyl (C=O) groups excluding carboxylic acids is 2. The van der Waals surface area contributed by atoms with E-state index in [-0.39, 0.29) is 17.7 Å². The minimum atomic E-state index is -0.499. The molecule has 142 valence electrons.